The van der Waals surface area contributed by atoms with E-state index in [0.717, 1.165) is 12.3 Å². The lowest BCUT2D eigenvalue weighted by Crippen LogP contribution is -2.25. The summed E-state index contributed by atoms with van der Waals surface area (Å²) in [4.78, 5) is 14.5. The number of pyridine rings is 1. The van der Waals surface area contributed by atoms with Gasteiger partial charge in [0.2, 0.25) is 5.95 Å². The molecule has 1 heterocycles. The summed E-state index contributed by atoms with van der Waals surface area (Å²) in [5.74, 6) is -3.12. The fraction of sp³-hybridized carbons (Fsp3) is 0.273. The van der Waals surface area contributed by atoms with E-state index in [2.05, 4.69) is 10.3 Å². The molecule has 0 aromatic carbocycles. The van der Waals surface area contributed by atoms with Crippen LogP contribution in [0.5, 0.6) is 0 Å². The first-order valence-electron chi connectivity index (χ1n) is 4.86. The second-order valence-corrected chi connectivity index (χ2v) is 3.08. The third kappa shape index (κ3) is 3.12. The van der Waals surface area contributed by atoms with E-state index in [1.54, 1.807) is 0 Å². The molecule has 1 rings (SSSR count). The molecule has 0 saturated carbocycles. The van der Waals surface area contributed by atoms with Gasteiger partial charge in [-0.15, -0.1) is 0 Å². The van der Waals surface area contributed by atoms with Gasteiger partial charge in [0.15, 0.2) is 5.82 Å². The van der Waals surface area contributed by atoms with Crippen LogP contribution in [0.25, 0.3) is 0 Å². The Hall–Kier alpha value is -1.78. The number of rotatable bonds is 4. The minimum absolute atomic E-state index is 0.326. The Labute approximate surface area is 92.2 Å². The van der Waals surface area contributed by atoms with E-state index < -0.39 is 17.7 Å². The van der Waals surface area contributed by atoms with Gasteiger partial charge in [-0.25, -0.2) is 9.37 Å². The SMILES string of the molecule is C/C=C/CCNC(=O)c1ccnc(F)c1F. The molecule has 1 amide bonds. The molecule has 1 aromatic rings. The van der Waals surface area contributed by atoms with Crippen molar-refractivity contribution in [2.24, 2.45) is 0 Å². The van der Waals surface area contributed by atoms with Gasteiger partial charge in [-0.2, -0.15) is 4.39 Å². The van der Waals surface area contributed by atoms with Crippen LogP contribution in [0.2, 0.25) is 0 Å². The maximum absolute atomic E-state index is 13.1. The van der Waals surface area contributed by atoms with Crippen molar-refractivity contribution in [3.05, 3.63) is 41.7 Å². The molecule has 0 fully saturated rings. The van der Waals surface area contributed by atoms with Crippen molar-refractivity contribution in [1.82, 2.24) is 10.3 Å². The molecule has 0 aliphatic heterocycles. The molecule has 1 aromatic heterocycles. The van der Waals surface area contributed by atoms with Crippen LogP contribution in [0.3, 0.4) is 0 Å². The van der Waals surface area contributed by atoms with Crippen LogP contribution in [-0.2, 0) is 0 Å². The van der Waals surface area contributed by atoms with Gasteiger partial charge < -0.3 is 5.32 Å². The lowest BCUT2D eigenvalue weighted by Gasteiger charge is -2.04. The monoisotopic (exact) mass is 226 g/mol. The fourth-order valence-corrected chi connectivity index (χ4v) is 1.12. The molecule has 0 radical (unpaired) electrons. The molecule has 5 heteroatoms. The molecule has 0 atom stereocenters. The zero-order valence-corrected chi connectivity index (χ0v) is 8.84. The van der Waals surface area contributed by atoms with Gasteiger partial charge in [-0.1, -0.05) is 12.2 Å². The molecule has 0 spiro atoms. The van der Waals surface area contributed by atoms with Crippen LogP contribution in [-0.4, -0.2) is 17.4 Å². The number of hydrogen-bond donors (Lipinski definition) is 1. The number of hydrogen-bond acceptors (Lipinski definition) is 2. The number of amides is 1. The minimum atomic E-state index is -1.26. The molecule has 0 aliphatic rings. The van der Waals surface area contributed by atoms with Crippen LogP contribution in [0, 0.1) is 11.8 Å². The Balaban J connectivity index is 2.63. The first-order valence-corrected chi connectivity index (χ1v) is 4.86. The zero-order chi connectivity index (χ0) is 12.0. The fourth-order valence-electron chi connectivity index (χ4n) is 1.12. The first kappa shape index (κ1) is 12.3. The Morgan fingerprint density at radius 2 is 2.31 bits per heavy atom. The highest BCUT2D eigenvalue weighted by Gasteiger charge is 2.14. The number of carbonyl (C=O) groups excluding carboxylic acids is 1. The predicted octanol–water partition coefficient (Wildman–Crippen LogP) is 2.06. The lowest BCUT2D eigenvalue weighted by molar-refractivity contribution is 0.0949. The van der Waals surface area contributed by atoms with Gasteiger partial charge >= 0.3 is 0 Å². The maximum Gasteiger partial charge on any atom is 0.254 e. The molecule has 1 N–H and O–H groups in total. The van der Waals surface area contributed by atoms with Gasteiger partial charge in [-0.3, -0.25) is 4.79 Å². The van der Waals surface area contributed by atoms with Gasteiger partial charge in [0, 0.05) is 12.7 Å². The van der Waals surface area contributed by atoms with Crippen molar-refractivity contribution in [3.8, 4) is 0 Å². The topological polar surface area (TPSA) is 42.0 Å². The normalized spacial score (nSPS) is 10.7. The van der Waals surface area contributed by atoms with E-state index in [1.807, 2.05) is 19.1 Å². The Bertz CT molecular complexity index is 405. The van der Waals surface area contributed by atoms with E-state index in [1.165, 1.54) is 0 Å². The highest BCUT2D eigenvalue weighted by Crippen LogP contribution is 2.08. The Morgan fingerprint density at radius 1 is 1.56 bits per heavy atom. The first-order chi connectivity index (χ1) is 7.66. The number of carbonyl (C=O) groups is 1. The van der Waals surface area contributed by atoms with E-state index in [9.17, 15) is 13.6 Å². The summed E-state index contributed by atoms with van der Waals surface area (Å²) in [6.07, 6.45) is 5.42. The van der Waals surface area contributed by atoms with E-state index in [4.69, 9.17) is 0 Å². The second-order valence-electron chi connectivity index (χ2n) is 3.08. The smallest absolute Gasteiger partial charge is 0.254 e. The van der Waals surface area contributed by atoms with Crippen LogP contribution in [0.1, 0.15) is 23.7 Å². The molecule has 16 heavy (non-hydrogen) atoms. The van der Waals surface area contributed by atoms with Crippen LogP contribution >= 0.6 is 0 Å². The third-order valence-corrected chi connectivity index (χ3v) is 1.92. The molecule has 0 saturated heterocycles. The van der Waals surface area contributed by atoms with E-state index in [-0.39, 0.29) is 5.56 Å². The molecular formula is C11H12F2N2O. The zero-order valence-electron chi connectivity index (χ0n) is 8.84. The van der Waals surface area contributed by atoms with E-state index >= 15 is 0 Å². The summed E-state index contributed by atoms with van der Waals surface area (Å²) in [7, 11) is 0. The predicted molar refractivity (Wildman–Crippen MR) is 55.9 cm³/mol. The third-order valence-electron chi connectivity index (χ3n) is 1.92. The van der Waals surface area contributed by atoms with Crippen LogP contribution < -0.4 is 5.32 Å². The molecule has 0 bridgehead atoms. The number of aromatic nitrogens is 1. The average Bonchev–Trinajstić information content (AvgIpc) is 2.28. The summed E-state index contributed by atoms with van der Waals surface area (Å²) in [5.41, 5.74) is -0.326. The molecule has 0 unspecified atom stereocenters. The minimum Gasteiger partial charge on any atom is -0.352 e. The van der Waals surface area contributed by atoms with Crippen molar-refractivity contribution in [1.29, 1.82) is 0 Å². The summed E-state index contributed by atoms with van der Waals surface area (Å²) in [6.45, 7) is 2.24. The number of halogens is 2. The Morgan fingerprint density at radius 3 is 3.00 bits per heavy atom. The molecule has 0 aliphatic carbocycles. The summed E-state index contributed by atoms with van der Waals surface area (Å²) in [5, 5.41) is 2.48. The van der Waals surface area contributed by atoms with Crippen molar-refractivity contribution >= 4 is 5.91 Å². The summed E-state index contributed by atoms with van der Waals surface area (Å²) >= 11 is 0. The van der Waals surface area contributed by atoms with Crippen LogP contribution in [0.4, 0.5) is 8.78 Å². The summed E-state index contributed by atoms with van der Waals surface area (Å²) in [6, 6.07) is 1.14. The number of nitrogens with zero attached hydrogens (tertiary/aromatic N) is 1. The maximum atomic E-state index is 13.1. The van der Waals surface area contributed by atoms with Crippen molar-refractivity contribution in [2.75, 3.05) is 6.54 Å². The molecular weight excluding hydrogens is 214 g/mol. The number of allylic oxidation sites excluding steroid dienone is 1. The van der Waals surface area contributed by atoms with Gasteiger partial charge in [-0.05, 0) is 19.4 Å². The lowest BCUT2D eigenvalue weighted by atomic mass is 10.2. The van der Waals surface area contributed by atoms with Gasteiger partial charge in [0.1, 0.15) is 0 Å². The molecule has 86 valence electrons. The standard InChI is InChI=1S/C11H12F2N2O/c1-2-3-4-6-15-11(16)8-5-7-14-10(13)9(8)12/h2-3,5,7H,4,6H2,1H3,(H,15,16)/b3-2+. The second kappa shape index (κ2) is 5.95. The van der Waals surface area contributed by atoms with Crippen molar-refractivity contribution in [2.45, 2.75) is 13.3 Å². The highest BCUT2D eigenvalue weighted by molar-refractivity contribution is 5.94. The van der Waals surface area contributed by atoms with E-state index in [0.29, 0.717) is 13.0 Å². The average molecular weight is 226 g/mol. The Kier molecular flexibility index (Phi) is 4.57. The quantitative estimate of drug-likeness (QED) is 0.485. The summed E-state index contributed by atoms with van der Waals surface area (Å²) < 4.78 is 25.8. The molecule has 3 nitrogen and oxygen atoms in total. The largest absolute Gasteiger partial charge is 0.352 e. The van der Waals surface area contributed by atoms with Gasteiger partial charge in [0.05, 0.1) is 5.56 Å². The van der Waals surface area contributed by atoms with Crippen molar-refractivity contribution in [3.63, 3.8) is 0 Å². The number of nitrogens with one attached hydrogen (secondary N) is 1. The van der Waals surface area contributed by atoms with Crippen molar-refractivity contribution < 1.29 is 13.6 Å². The van der Waals surface area contributed by atoms with Gasteiger partial charge in [0.25, 0.3) is 5.91 Å². The highest BCUT2D eigenvalue weighted by atomic mass is 19.2. The van der Waals surface area contributed by atoms with Crippen LogP contribution in [0.15, 0.2) is 24.4 Å².